The monoisotopic (exact) mass is 664 g/mol. The molecule has 7 nitrogen and oxygen atoms in total. The Morgan fingerprint density at radius 1 is 0.750 bits per heavy atom. The molecule has 0 radical (unpaired) electrons. The van der Waals surface area contributed by atoms with E-state index in [1.54, 1.807) is 0 Å². The van der Waals surface area contributed by atoms with E-state index in [-0.39, 0.29) is 30.3 Å². The first-order valence-electron chi connectivity index (χ1n) is 18.6. The molecule has 266 valence electrons. The molecule has 0 amide bonds. The fraction of sp³-hybridized carbons (Fsp3) is 0.732. The van der Waals surface area contributed by atoms with Crippen LogP contribution < -0.4 is 0 Å². The maximum atomic E-state index is 13.0. The number of aliphatic hydroxyl groups excluding tert-OH is 2. The third kappa shape index (κ3) is 5.69. The van der Waals surface area contributed by atoms with Gasteiger partial charge in [-0.25, -0.2) is 0 Å². The number of aliphatic hydroxyl groups is 2. The molecule has 1 unspecified atom stereocenters. The molecule has 0 spiro atoms. The minimum atomic E-state index is -0.776. The third-order valence-electron chi connectivity index (χ3n) is 14.4. The van der Waals surface area contributed by atoms with Crippen LogP contribution in [0.1, 0.15) is 126 Å². The van der Waals surface area contributed by atoms with Gasteiger partial charge in [0.1, 0.15) is 5.78 Å². The quantitative estimate of drug-likeness (QED) is 0.211. The average Bonchev–Trinajstić information content (AvgIpc) is 3.57. The predicted octanol–water partition coefficient (Wildman–Crippen LogP) is 8.07. The third-order valence-corrected chi connectivity index (χ3v) is 14.4. The fourth-order valence-corrected chi connectivity index (χ4v) is 11.0. The van der Waals surface area contributed by atoms with E-state index in [0.29, 0.717) is 55.8 Å². The Morgan fingerprint density at radius 2 is 1.23 bits per heavy atom. The van der Waals surface area contributed by atoms with Gasteiger partial charge in [0.05, 0.1) is 24.0 Å². The number of carboxylic acids is 2. The molecule has 7 heteroatoms. The van der Waals surface area contributed by atoms with Crippen molar-refractivity contribution in [2.24, 2.45) is 51.2 Å². The van der Waals surface area contributed by atoms with Gasteiger partial charge in [-0.1, -0.05) is 71.8 Å². The molecule has 6 aliphatic rings. The van der Waals surface area contributed by atoms with Crippen molar-refractivity contribution in [2.75, 3.05) is 13.2 Å². The molecule has 0 bridgehead atoms. The summed E-state index contributed by atoms with van der Waals surface area (Å²) in [5, 5.41) is 39.3. The van der Waals surface area contributed by atoms with E-state index < -0.39 is 28.2 Å². The summed E-state index contributed by atoms with van der Waals surface area (Å²) in [6, 6.07) is 0. The lowest BCUT2D eigenvalue weighted by molar-refractivity contribution is -0.151. The number of carbonyl (C=O) groups excluding carboxylic acids is 1. The molecule has 0 saturated heterocycles. The number of rotatable bonds is 6. The number of Topliss-reactive ketones (excluding diaryl/α,β-unsaturated/α-hetero) is 1. The summed E-state index contributed by atoms with van der Waals surface area (Å²) < 4.78 is 0. The number of aliphatic carboxylic acids is 2. The zero-order chi connectivity index (χ0) is 35.4. The molecule has 0 aromatic heterocycles. The number of carboxylic acid groups (broad SMARTS) is 2. The van der Waals surface area contributed by atoms with Crippen LogP contribution in [0.4, 0.5) is 0 Å². The van der Waals surface area contributed by atoms with Crippen molar-refractivity contribution in [3.8, 4) is 0 Å². The van der Waals surface area contributed by atoms with Crippen LogP contribution in [-0.4, -0.2) is 51.4 Å². The Hall–Kier alpha value is -2.51. The minimum Gasteiger partial charge on any atom is -0.481 e. The van der Waals surface area contributed by atoms with Gasteiger partial charge < -0.3 is 20.4 Å². The van der Waals surface area contributed by atoms with Gasteiger partial charge in [0.15, 0.2) is 0 Å². The SMILES string of the molecule is CC(C)C1=C2[C@H]3CC=C(CO)CC(=O)[C@]3(C)CC[C@@]2(C(=O)O)CC1.CC(C)C1=C2[C@H]3CC=C(CO)CC(C)[C@]3(C)CC[C@@]2(C(=O)O)CC1. The van der Waals surface area contributed by atoms with E-state index in [1.165, 1.54) is 16.7 Å². The first-order chi connectivity index (χ1) is 22.5. The van der Waals surface area contributed by atoms with Gasteiger partial charge >= 0.3 is 11.9 Å². The second-order valence-corrected chi connectivity index (χ2v) is 17.2. The molecule has 0 aromatic rings. The highest BCUT2D eigenvalue weighted by molar-refractivity contribution is 5.90. The van der Waals surface area contributed by atoms with Crippen LogP contribution in [0.25, 0.3) is 0 Å². The van der Waals surface area contributed by atoms with E-state index in [1.807, 2.05) is 13.0 Å². The summed E-state index contributed by atoms with van der Waals surface area (Å²) in [5.41, 5.74) is 5.10. The van der Waals surface area contributed by atoms with Crippen LogP contribution >= 0.6 is 0 Å². The van der Waals surface area contributed by atoms with Gasteiger partial charge in [-0.15, -0.1) is 0 Å². The Labute approximate surface area is 287 Å². The molecule has 2 saturated carbocycles. The van der Waals surface area contributed by atoms with Gasteiger partial charge in [0.25, 0.3) is 0 Å². The molecular formula is C41H60O7. The first-order valence-corrected chi connectivity index (χ1v) is 18.6. The molecule has 6 rings (SSSR count). The lowest BCUT2D eigenvalue weighted by Crippen LogP contribution is -2.48. The number of fused-ring (bicyclic) bond motifs is 6. The zero-order valence-electron chi connectivity index (χ0n) is 30.5. The second kappa shape index (κ2) is 13.3. The van der Waals surface area contributed by atoms with Gasteiger partial charge in [-0.3, -0.25) is 14.4 Å². The largest absolute Gasteiger partial charge is 0.481 e. The van der Waals surface area contributed by atoms with Crippen molar-refractivity contribution in [1.82, 2.24) is 0 Å². The molecule has 0 aliphatic heterocycles. The smallest absolute Gasteiger partial charge is 0.313 e. The maximum absolute atomic E-state index is 13.0. The van der Waals surface area contributed by atoms with Crippen molar-refractivity contribution in [3.63, 3.8) is 0 Å². The van der Waals surface area contributed by atoms with E-state index >= 15 is 0 Å². The van der Waals surface area contributed by atoms with Crippen molar-refractivity contribution >= 4 is 17.7 Å². The van der Waals surface area contributed by atoms with Crippen molar-refractivity contribution in [3.05, 3.63) is 45.6 Å². The Bertz CT molecular complexity index is 1460. The van der Waals surface area contributed by atoms with Crippen molar-refractivity contribution in [2.45, 2.75) is 126 Å². The second-order valence-electron chi connectivity index (χ2n) is 17.2. The summed E-state index contributed by atoms with van der Waals surface area (Å²) in [5.74, 6) is 0.284. The normalized spacial score (nSPS) is 37.8. The average molecular weight is 665 g/mol. The van der Waals surface area contributed by atoms with Gasteiger partial charge in [0.2, 0.25) is 0 Å². The number of ketones is 1. The molecule has 0 heterocycles. The molecule has 6 aliphatic carbocycles. The highest BCUT2D eigenvalue weighted by Crippen LogP contribution is 2.65. The van der Waals surface area contributed by atoms with Crippen LogP contribution in [-0.2, 0) is 14.4 Å². The highest BCUT2D eigenvalue weighted by Gasteiger charge is 2.60. The maximum Gasteiger partial charge on any atom is 0.313 e. The molecule has 48 heavy (non-hydrogen) atoms. The summed E-state index contributed by atoms with van der Waals surface area (Å²) in [4.78, 5) is 37.5. The topological polar surface area (TPSA) is 132 Å². The van der Waals surface area contributed by atoms with Crippen LogP contribution in [0.2, 0.25) is 0 Å². The van der Waals surface area contributed by atoms with Crippen molar-refractivity contribution in [1.29, 1.82) is 0 Å². The van der Waals surface area contributed by atoms with Crippen LogP contribution in [0.15, 0.2) is 45.6 Å². The van der Waals surface area contributed by atoms with Crippen LogP contribution in [0.3, 0.4) is 0 Å². The highest BCUT2D eigenvalue weighted by atomic mass is 16.4. The molecule has 4 N–H and O–H groups in total. The number of carbonyl (C=O) groups is 3. The van der Waals surface area contributed by atoms with Crippen LogP contribution in [0.5, 0.6) is 0 Å². The predicted molar refractivity (Wildman–Crippen MR) is 187 cm³/mol. The van der Waals surface area contributed by atoms with Gasteiger partial charge in [0, 0.05) is 11.8 Å². The number of allylic oxidation sites excluding steroid dienone is 4. The lowest BCUT2D eigenvalue weighted by Gasteiger charge is -2.51. The fourth-order valence-electron chi connectivity index (χ4n) is 11.0. The van der Waals surface area contributed by atoms with Gasteiger partial charge in [-0.05, 0) is 128 Å². The van der Waals surface area contributed by atoms with E-state index in [9.17, 15) is 34.8 Å². The Morgan fingerprint density at radius 3 is 1.73 bits per heavy atom. The number of hydrogen-bond acceptors (Lipinski definition) is 5. The molecular weight excluding hydrogens is 604 g/mol. The molecule has 7 atom stereocenters. The van der Waals surface area contributed by atoms with Crippen LogP contribution in [0, 0.1) is 51.2 Å². The Kier molecular flexibility index (Phi) is 10.2. The Balaban J connectivity index is 0.000000188. The number of hydrogen-bond donors (Lipinski definition) is 4. The summed E-state index contributed by atoms with van der Waals surface area (Å²) in [7, 11) is 0. The molecule has 2 fully saturated rings. The molecule has 0 aromatic carbocycles. The van der Waals surface area contributed by atoms with E-state index in [0.717, 1.165) is 61.7 Å². The summed E-state index contributed by atoms with van der Waals surface area (Å²) in [6.07, 6.45) is 13.1. The van der Waals surface area contributed by atoms with Crippen molar-refractivity contribution < 1.29 is 34.8 Å². The minimum absolute atomic E-state index is 0.0428. The lowest BCUT2D eigenvalue weighted by atomic mass is 9.52. The summed E-state index contributed by atoms with van der Waals surface area (Å²) in [6.45, 7) is 15.4. The summed E-state index contributed by atoms with van der Waals surface area (Å²) >= 11 is 0. The van der Waals surface area contributed by atoms with Gasteiger partial charge in [-0.2, -0.15) is 0 Å². The van der Waals surface area contributed by atoms with E-state index in [4.69, 9.17) is 0 Å². The first kappa shape index (κ1) is 36.8. The standard InChI is InChI=1S/C21H32O3.C20H28O4/c1-13(2)16-7-8-21(19(23)24)10-9-20(4)14(3)11-15(12-22)5-6-17(20)18(16)21;1-12(2)14-6-7-20(18(23)24)9-8-19(3)15(17(14)20)5-4-13(11-21)10-16(19)22/h5,13-14,17,22H,6-12H2,1-4H3,(H,23,24);4,12,15,21H,5-11H2,1-3H3,(H,23,24)/t14?,17-,20+,21+;15-,19-,20+/m11/s1. The zero-order valence-corrected chi connectivity index (χ0v) is 30.5. The van der Waals surface area contributed by atoms with E-state index in [2.05, 4.69) is 47.6 Å².